The first-order valence-electron chi connectivity index (χ1n) is 18.9. The molecule has 1 amide bonds. The van der Waals surface area contributed by atoms with Gasteiger partial charge in [-0.25, -0.2) is 0 Å². The third kappa shape index (κ3) is 32.6. The average molecular weight is 682 g/mol. The molecule has 0 saturated heterocycles. The van der Waals surface area contributed by atoms with Gasteiger partial charge in [0, 0.05) is 0 Å². The van der Waals surface area contributed by atoms with E-state index in [1.807, 2.05) is 0 Å². The molecule has 0 aromatic rings. The number of rotatable bonds is 33. The molecule has 8 heteroatoms. The SMILES string of the molecule is CCCCCC/C=C/CC/C=C/CC/C=C/C(O)C(CS(=O)(=O)O)NC(=O)C(O)CCCCCCCC/C=C\CCCCCCCC. The molecule has 0 bridgehead atoms. The van der Waals surface area contributed by atoms with Gasteiger partial charge in [0.25, 0.3) is 10.1 Å². The molecule has 274 valence electrons. The standard InChI is InChI=1S/C39H71NO6S/c1-3-5-7-9-11-13-15-17-19-20-22-24-26-28-30-32-34-38(42)39(43)40-36(35-47(44,45)46)37(41)33-31-29-27-25-23-21-18-16-14-12-10-8-6-4-2/h14,16-17,19,23,25,31,33,36-38,41-42H,3-13,15,18,20-22,24,26-30,32,34-35H2,1-2H3,(H,40,43)(H,44,45,46)/b16-14+,19-17-,25-23+,33-31+. The van der Waals surface area contributed by atoms with E-state index in [0.29, 0.717) is 12.8 Å². The van der Waals surface area contributed by atoms with Crippen molar-refractivity contribution in [1.82, 2.24) is 5.32 Å². The minimum Gasteiger partial charge on any atom is -0.387 e. The van der Waals surface area contributed by atoms with E-state index in [2.05, 4.69) is 55.6 Å². The molecule has 0 aromatic carbocycles. The minimum absolute atomic E-state index is 0.263. The lowest BCUT2D eigenvalue weighted by Crippen LogP contribution is -2.50. The predicted octanol–water partition coefficient (Wildman–Crippen LogP) is 9.71. The summed E-state index contributed by atoms with van der Waals surface area (Å²) in [4.78, 5) is 12.5. The minimum atomic E-state index is -4.45. The van der Waals surface area contributed by atoms with Crippen LogP contribution >= 0.6 is 0 Å². The van der Waals surface area contributed by atoms with Crippen molar-refractivity contribution in [2.45, 2.75) is 186 Å². The maximum absolute atomic E-state index is 12.5. The predicted molar refractivity (Wildman–Crippen MR) is 199 cm³/mol. The Labute approximate surface area is 289 Å². The van der Waals surface area contributed by atoms with Gasteiger partial charge in [0.1, 0.15) is 6.10 Å². The molecule has 0 radical (unpaired) electrons. The van der Waals surface area contributed by atoms with Crippen molar-refractivity contribution in [3.8, 4) is 0 Å². The molecule has 0 aliphatic carbocycles. The van der Waals surface area contributed by atoms with E-state index < -0.39 is 40.0 Å². The Bertz CT molecular complexity index is 943. The normalized spacial score (nSPS) is 14.6. The van der Waals surface area contributed by atoms with Crippen molar-refractivity contribution in [3.63, 3.8) is 0 Å². The molecule has 47 heavy (non-hydrogen) atoms. The van der Waals surface area contributed by atoms with Crippen LogP contribution in [0.2, 0.25) is 0 Å². The first-order chi connectivity index (χ1) is 22.7. The van der Waals surface area contributed by atoms with Gasteiger partial charge in [-0.2, -0.15) is 8.42 Å². The summed E-state index contributed by atoms with van der Waals surface area (Å²) in [6.45, 7) is 4.46. The average Bonchev–Trinajstić information content (AvgIpc) is 3.03. The van der Waals surface area contributed by atoms with Crippen molar-refractivity contribution in [2.24, 2.45) is 0 Å². The molecule has 0 saturated carbocycles. The first-order valence-corrected chi connectivity index (χ1v) is 20.6. The fourth-order valence-corrected chi connectivity index (χ4v) is 6.10. The van der Waals surface area contributed by atoms with Crippen molar-refractivity contribution >= 4 is 16.0 Å². The third-order valence-electron chi connectivity index (χ3n) is 8.31. The maximum Gasteiger partial charge on any atom is 0.267 e. The van der Waals surface area contributed by atoms with Crippen molar-refractivity contribution in [3.05, 3.63) is 48.6 Å². The molecular weight excluding hydrogens is 610 g/mol. The number of aliphatic hydroxyl groups is 2. The van der Waals surface area contributed by atoms with Gasteiger partial charge in [0.2, 0.25) is 5.91 Å². The molecule has 0 fully saturated rings. The fourth-order valence-electron chi connectivity index (χ4n) is 5.36. The second-order valence-electron chi connectivity index (χ2n) is 13.0. The van der Waals surface area contributed by atoms with Crippen LogP contribution in [0.4, 0.5) is 0 Å². The molecule has 0 aliphatic rings. The van der Waals surface area contributed by atoms with Crippen LogP contribution in [0.25, 0.3) is 0 Å². The van der Waals surface area contributed by atoms with Gasteiger partial charge < -0.3 is 15.5 Å². The summed E-state index contributed by atoms with van der Waals surface area (Å²) in [7, 11) is -4.45. The lowest BCUT2D eigenvalue weighted by atomic mass is 10.0. The number of hydrogen-bond acceptors (Lipinski definition) is 5. The highest BCUT2D eigenvalue weighted by Gasteiger charge is 2.27. The summed E-state index contributed by atoms with van der Waals surface area (Å²) >= 11 is 0. The Morgan fingerprint density at radius 1 is 0.574 bits per heavy atom. The van der Waals surface area contributed by atoms with Gasteiger partial charge in [-0.1, -0.05) is 146 Å². The second kappa shape index (κ2) is 32.8. The zero-order valence-corrected chi connectivity index (χ0v) is 30.8. The highest BCUT2D eigenvalue weighted by Crippen LogP contribution is 2.12. The largest absolute Gasteiger partial charge is 0.387 e. The molecular formula is C39H71NO6S. The van der Waals surface area contributed by atoms with Crippen LogP contribution in [0.3, 0.4) is 0 Å². The zero-order chi connectivity index (χ0) is 34.9. The molecule has 7 nitrogen and oxygen atoms in total. The van der Waals surface area contributed by atoms with E-state index in [0.717, 1.165) is 51.4 Å². The molecule has 3 unspecified atom stereocenters. The van der Waals surface area contributed by atoms with Crippen molar-refractivity contribution in [1.29, 1.82) is 0 Å². The highest BCUT2D eigenvalue weighted by molar-refractivity contribution is 7.85. The number of allylic oxidation sites excluding steroid dienone is 7. The third-order valence-corrected chi connectivity index (χ3v) is 9.09. The van der Waals surface area contributed by atoms with Gasteiger partial charge >= 0.3 is 0 Å². The monoisotopic (exact) mass is 682 g/mol. The summed E-state index contributed by atoms with van der Waals surface area (Å²) in [5.41, 5.74) is 0. The Hall–Kier alpha value is -1.74. The van der Waals surface area contributed by atoms with Gasteiger partial charge in [0.15, 0.2) is 0 Å². The topological polar surface area (TPSA) is 124 Å². The molecule has 0 spiro atoms. The van der Waals surface area contributed by atoms with Gasteiger partial charge in [0.05, 0.1) is 17.9 Å². The van der Waals surface area contributed by atoms with Crippen molar-refractivity contribution in [2.75, 3.05) is 5.75 Å². The van der Waals surface area contributed by atoms with Crippen LogP contribution in [0.5, 0.6) is 0 Å². The summed E-state index contributed by atoms with van der Waals surface area (Å²) in [5.74, 6) is -1.58. The fraction of sp³-hybridized carbons (Fsp3) is 0.769. The molecule has 0 heterocycles. The number of unbranched alkanes of at least 4 members (excludes halogenated alkanes) is 18. The number of carbonyl (C=O) groups is 1. The summed E-state index contributed by atoms with van der Waals surface area (Å²) < 4.78 is 32.4. The quantitative estimate of drug-likeness (QED) is 0.0311. The lowest BCUT2D eigenvalue weighted by Gasteiger charge is -2.22. The van der Waals surface area contributed by atoms with E-state index in [1.165, 1.54) is 89.5 Å². The molecule has 0 aromatic heterocycles. The lowest BCUT2D eigenvalue weighted by molar-refractivity contribution is -0.130. The number of aliphatic hydroxyl groups excluding tert-OH is 2. The first kappa shape index (κ1) is 45.3. The van der Waals surface area contributed by atoms with Crippen LogP contribution in [0.1, 0.15) is 168 Å². The maximum atomic E-state index is 12.5. The van der Waals surface area contributed by atoms with Gasteiger partial charge in [-0.3, -0.25) is 9.35 Å². The van der Waals surface area contributed by atoms with Crippen LogP contribution in [-0.4, -0.2) is 53.1 Å². The number of hydrogen-bond donors (Lipinski definition) is 4. The van der Waals surface area contributed by atoms with Crippen LogP contribution in [0, 0.1) is 0 Å². The zero-order valence-electron chi connectivity index (χ0n) is 30.0. The summed E-state index contributed by atoms with van der Waals surface area (Å²) in [5, 5.41) is 23.3. The second-order valence-corrected chi connectivity index (χ2v) is 14.5. The molecule has 0 rings (SSSR count). The summed E-state index contributed by atoms with van der Waals surface area (Å²) in [6.07, 6.45) is 40.2. The van der Waals surface area contributed by atoms with E-state index in [4.69, 9.17) is 0 Å². The van der Waals surface area contributed by atoms with Crippen LogP contribution < -0.4 is 5.32 Å². The number of carbonyl (C=O) groups excluding carboxylic acids is 1. The van der Waals surface area contributed by atoms with Crippen molar-refractivity contribution < 1.29 is 28.0 Å². The van der Waals surface area contributed by atoms with E-state index in [1.54, 1.807) is 6.08 Å². The Kier molecular flexibility index (Phi) is 31.6. The molecule has 3 atom stereocenters. The number of amides is 1. The van der Waals surface area contributed by atoms with E-state index in [9.17, 15) is 28.0 Å². The van der Waals surface area contributed by atoms with Crippen LogP contribution in [0.15, 0.2) is 48.6 Å². The van der Waals surface area contributed by atoms with E-state index >= 15 is 0 Å². The Balaban J connectivity index is 4.18. The van der Waals surface area contributed by atoms with E-state index in [-0.39, 0.29) is 6.42 Å². The van der Waals surface area contributed by atoms with Crippen LogP contribution in [-0.2, 0) is 14.9 Å². The highest BCUT2D eigenvalue weighted by atomic mass is 32.2. The molecule has 4 N–H and O–H groups in total. The summed E-state index contributed by atoms with van der Waals surface area (Å²) in [6, 6.07) is -1.26. The smallest absolute Gasteiger partial charge is 0.267 e. The molecule has 0 aliphatic heterocycles. The Morgan fingerprint density at radius 2 is 0.957 bits per heavy atom. The van der Waals surface area contributed by atoms with Gasteiger partial charge in [-0.15, -0.1) is 0 Å². The Morgan fingerprint density at radius 3 is 1.43 bits per heavy atom. The number of nitrogens with one attached hydrogen (secondary N) is 1. The van der Waals surface area contributed by atoms with Gasteiger partial charge in [-0.05, 0) is 70.6 Å².